The summed E-state index contributed by atoms with van der Waals surface area (Å²) in [6.07, 6.45) is -3.57. The topological polar surface area (TPSA) is 134 Å². The monoisotopic (exact) mass is 582 g/mol. The molecule has 0 saturated carbocycles. The van der Waals surface area contributed by atoms with E-state index >= 15 is 0 Å². The van der Waals surface area contributed by atoms with Crippen molar-refractivity contribution in [2.75, 3.05) is 32.1 Å². The average Bonchev–Trinajstić information content (AvgIpc) is 3.25. The van der Waals surface area contributed by atoms with Crippen LogP contribution in [0.3, 0.4) is 0 Å². The number of aromatic nitrogens is 2. The average molecular weight is 582 g/mol. The third kappa shape index (κ3) is 10.5. The molecule has 222 valence electrons. The van der Waals surface area contributed by atoms with Crippen LogP contribution in [0.25, 0.3) is 0 Å². The van der Waals surface area contributed by atoms with Gasteiger partial charge in [0.2, 0.25) is 5.95 Å². The highest BCUT2D eigenvalue weighted by Crippen LogP contribution is 2.36. The number of carboxylic acid groups (broad SMARTS) is 2. The van der Waals surface area contributed by atoms with Crippen LogP contribution < -0.4 is 10.1 Å². The third-order valence-corrected chi connectivity index (χ3v) is 5.86. The fourth-order valence-corrected chi connectivity index (χ4v) is 4.13. The molecule has 0 bridgehead atoms. The summed E-state index contributed by atoms with van der Waals surface area (Å²) in [6, 6.07) is 10.4. The fourth-order valence-electron chi connectivity index (χ4n) is 4.13. The van der Waals surface area contributed by atoms with E-state index in [0.29, 0.717) is 12.0 Å². The Morgan fingerprint density at radius 1 is 1.07 bits per heavy atom. The number of para-hydroxylation sites is 1. The van der Waals surface area contributed by atoms with Gasteiger partial charge in [-0.2, -0.15) is 26.3 Å². The Kier molecular flexibility index (Phi) is 11.5. The van der Waals surface area contributed by atoms with E-state index in [1.165, 1.54) is 5.56 Å². The molecule has 2 saturated heterocycles. The molecular formula is C24H28F6N4O6. The Balaban J connectivity index is 0.000000333. The Labute approximate surface area is 224 Å². The Morgan fingerprint density at radius 2 is 1.65 bits per heavy atom. The normalized spacial score (nSPS) is 20.9. The van der Waals surface area contributed by atoms with Crippen LogP contribution in [0.1, 0.15) is 24.8 Å². The van der Waals surface area contributed by atoms with Gasteiger partial charge in [0.25, 0.3) is 0 Å². The lowest BCUT2D eigenvalue weighted by molar-refractivity contribution is -0.193. The van der Waals surface area contributed by atoms with Crippen molar-refractivity contribution in [1.29, 1.82) is 0 Å². The number of alkyl halides is 6. The van der Waals surface area contributed by atoms with Gasteiger partial charge in [0.15, 0.2) is 0 Å². The molecule has 4 rings (SSSR count). The highest BCUT2D eigenvalue weighted by molar-refractivity contribution is 5.73. The molecule has 0 unspecified atom stereocenters. The first kappa shape index (κ1) is 32.6. The van der Waals surface area contributed by atoms with Crippen molar-refractivity contribution in [1.82, 2.24) is 14.9 Å². The maximum Gasteiger partial charge on any atom is 0.490 e. The van der Waals surface area contributed by atoms with Gasteiger partial charge in [-0.05, 0) is 31.4 Å². The van der Waals surface area contributed by atoms with Crippen LogP contribution >= 0.6 is 0 Å². The highest BCUT2D eigenvalue weighted by atomic mass is 19.4. The molecule has 10 nitrogen and oxygen atoms in total. The highest BCUT2D eigenvalue weighted by Gasteiger charge is 2.43. The van der Waals surface area contributed by atoms with Crippen molar-refractivity contribution in [3.63, 3.8) is 0 Å². The SMILES string of the molecule is COc1ccccc1CN1CC[C@@]2(C[C@H](Nc3ncccn3)CCO2)C1.O=C(O)C(F)(F)F.O=C(O)C(F)(F)F. The van der Waals surface area contributed by atoms with E-state index in [1.54, 1.807) is 19.5 Å². The van der Waals surface area contributed by atoms with Gasteiger partial charge in [0.05, 0.1) is 12.7 Å². The lowest BCUT2D eigenvalue weighted by Crippen LogP contribution is -2.46. The van der Waals surface area contributed by atoms with Crippen LogP contribution in [0.15, 0.2) is 42.7 Å². The number of nitrogens with zero attached hydrogens (tertiary/aromatic N) is 3. The maximum absolute atomic E-state index is 10.6. The minimum Gasteiger partial charge on any atom is -0.496 e. The fraction of sp³-hybridized carbons (Fsp3) is 0.500. The van der Waals surface area contributed by atoms with Gasteiger partial charge in [0.1, 0.15) is 5.75 Å². The molecule has 2 atom stereocenters. The van der Waals surface area contributed by atoms with Gasteiger partial charge >= 0.3 is 24.3 Å². The number of likely N-dealkylation sites (tertiary alicyclic amines) is 1. The van der Waals surface area contributed by atoms with Crippen LogP contribution in [-0.4, -0.2) is 87.8 Å². The number of methoxy groups -OCH3 is 1. The Bertz CT molecular complexity index is 1080. The van der Waals surface area contributed by atoms with Gasteiger partial charge < -0.3 is 25.0 Å². The number of aliphatic carboxylic acids is 2. The predicted molar refractivity (Wildman–Crippen MR) is 128 cm³/mol. The number of carboxylic acids is 2. The summed E-state index contributed by atoms with van der Waals surface area (Å²) in [5, 5.41) is 17.7. The molecule has 1 aromatic carbocycles. The van der Waals surface area contributed by atoms with E-state index in [4.69, 9.17) is 29.3 Å². The molecule has 2 aliphatic heterocycles. The number of anilines is 1. The second-order valence-corrected chi connectivity index (χ2v) is 8.82. The number of benzene rings is 1. The number of nitrogens with one attached hydrogen (secondary N) is 1. The van der Waals surface area contributed by atoms with Crippen LogP contribution in [0.2, 0.25) is 0 Å². The zero-order valence-corrected chi connectivity index (χ0v) is 21.2. The molecule has 2 aliphatic rings. The van der Waals surface area contributed by atoms with E-state index in [0.717, 1.165) is 51.3 Å². The number of hydrogen-bond acceptors (Lipinski definition) is 8. The Hall–Kier alpha value is -3.66. The van der Waals surface area contributed by atoms with E-state index in [2.05, 4.69) is 32.3 Å². The summed E-state index contributed by atoms with van der Waals surface area (Å²) in [5.41, 5.74) is 1.17. The molecular weight excluding hydrogens is 554 g/mol. The van der Waals surface area contributed by atoms with Gasteiger partial charge in [-0.1, -0.05) is 18.2 Å². The molecule has 2 fully saturated rings. The van der Waals surface area contributed by atoms with Crippen molar-refractivity contribution in [2.24, 2.45) is 0 Å². The van der Waals surface area contributed by atoms with E-state index < -0.39 is 24.3 Å². The summed E-state index contributed by atoms with van der Waals surface area (Å²) in [6.45, 7) is 3.69. The van der Waals surface area contributed by atoms with Crippen molar-refractivity contribution in [3.05, 3.63) is 48.3 Å². The third-order valence-electron chi connectivity index (χ3n) is 5.86. The summed E-state index contributed by atoms with van der Waals surface area (Å²) in [4.78, 5) is 28.8. The number of halogens is 6. The number of hydrogen-bond donors (Lipinski definition) is 3. The molecule has 0 amide bonds. The second-order valence-electron chi connectivity index (χ2n) is 8.82. The zero-order chi connectivity index (χ0) is 30.0. The van der Waals surface area contributed by atoms with Crippen molar-refractivity contribution >= 4 is 17.9 Å². The lowest BCUT2D eigenvalue weighted by Gasteiger charge is -2.38. The zero-order valence-electron chi connectivity index (χ0n) is 21.2. The van der Waals surface area contributed by atoms with Crippen LogP contribution in [0, 0.1) is 0 Å². The summed E-state index contributed by atoms with van der Waals surface area (Å²) < 4.78 is 75.2. The summed E-state index contributed by atoms with van der Waals surface area (Å²) in [5.74, 6) is -3.85. The quantitative estimate of drug-likeness (QED) is 0.445. The molecule has 16 heteroatoms. The standard InChI is InChI=1S/C20H26N4O2.2C2HF3O2/c1-25-18-6-3-2-5-16(18)14-24-11-8-20(15-24)13-17(7-12-26-20)23-19-21-9-4-10-22-19;2*3-2(4,5)1(6)7/h2-6,9-10,17H,7-8,11-15H2,1H3,(H,21,22,23);2*(H,6,7)/t17-,20-;;/m1../s1. The van der Waals surface area contributed by atoms with E-state index in [-0.39, 0.29) is 5.60 Å². The summed E-state index contributed by atoms with van der Waals surface area (Å²) in [7, 11) is 1.73. The molecule has 1 aromatic heterocycles. The maximum atomic E-state index is 10.6. The van der Waals surface area contributed by atoms with Crippen LogP contribution in [0.4, 0.5) is 32.3 Å². The molecule has 1 spiro atoms. The largest absolute Gasteiger partial charge is 0.496 e. The minimum atomic E-state index is -5.08. The van der Waals surface area contributed by atoms with Gasteiger partial charge in [-0.15, -0.1) is 0 Å². The number of carbonyl (C=O) groups is 2. The van der Waals surface area contributed by atoms with E-state index in [9.17, 15) is 26.3 Å². The number of ether oxygens (including phenoxy) is 2. The van der Waals surface area contributed by atoms with Crippen LogP contribution in [0.5, 0.6) is 5.75 Å². The van der Waals surface area contributed by atoms with E-state index in [1.807, 2.05) is 18.2 Å². The first-order chi connectivity index (χ1) is 18.6. The number of rotatable bonds is 5. The molecule has 3 heterocycles. The molecule has 3 N–H and O–H groups in total. The lowest BCUT2D eigenvalue weighted by atomic mass is 9.89. The molecule has 40 heavy (non-hydrogen) atoms. The molecule has 0 radical (unpaired) electrons. The first-order valence-electron chi connectivity index (χ1n) is 11.8. The van der Waals surface area contributed by atoms with Crippen molar-refractivity contribution in [3.8, 4) is 5.75 Å². The minimum absolute atomic E-state index is 0.0628. The van der Waals surface area contributed by atoms with Crippen molar-refractivity contribution < 1.29 is 55.6 Å². The smallest absolute Gasteiger partial charge is 0.490 e. The van der Waals surface area contributed by atoms with Gasteiger partial charge in [-0.25, -0.2) is 19.6 Å². The van der Waals surface area contributed by atoms with Crippen LogP contribution in [-0.2, 0) is 20.9 Å². The van der Waals surface area contributed by atoms with Crippen molar-refractivity contribution in [2.45, 2.75) is 49.8 Å². The second kappa shape index (κ2) is 14.1. The van der Waals surface area contributed by atoms with Gasteiger partial charge in [0, 0.05) is 50.2 Å². The predicted octanol–water partition coefficient (Wildman–Crippen LogP) is 3.99. The summed E-state index contributed by atoms with van der Waals surface area (Å²) >= 11 is 0. The van der Waals surface area contributed by atoms with Gasteiger partial charge in [-0.3, -0.25) is 4.90 Å². The first-order valence-corrected chi connectivity index (χ1v) is 11.8. The molecule has 0 aliphatic carbocycles. The Morgan fingerprint density at radius 3 is 2.20 bits per heavy atom. The molecule has 2 aromatic rings.